The minimum absolute atomic E-state index is 0.00979. The lowest BCUT2D eigenvalue weighted by Gasteiger charge is -2.26. The maximum Gasteiger partial charge on any atom is 0.247 e. The molecule has 0 spiro atoms. The molecule has 3 atom stereocenters. The van der Waals surface area contributed by atoms with Crippen LogP contribution in [0, 0.1) is 12.3 Å². The number of carbonyl (C=O) groups excluding carboxylic acids is 3. The Labute approximate surface area is 234 Å². The number of nitrogens with zero attached hydrogens (tertiary/aromatic N) is 5. The molecule has 1 saturated carbocycles. The van der Waals surface area contributed by atoms with Crippen molar-refractivity contribution in [3.63, 3.8) is 0 Å². The molecular weight excluding hydrogens is 506 g/mol. The molecule has 9 nitrogen and oxygen atoms in total. The van der Waals surface area contributed by atoms with Crippen molar-refractivity contribution in [3.05, 3.63) is 29.3 Å². The van der Waals surface area contributed by atoms with Gasteiger partial charge in [0.15, 0.2) is 11.6 Å². The number of aryl methyl sites for hydroxylation is 2. The molecule has 0 N–H and O–H groups in total. The van der Waals surface area contributed by atoms with Crippen molar-refractivity contribution in [2.24, 2.45) is 5.41 Å². The van der Waals surface area contributed by atoms with Crippen LogP contribution in [0.3, 0.4) is 0 Å². The van der Waals surface area contributed by atoms with Crippen LogP contribution in [0.1, 0.15) is 106 Å². The number of hydrogen-bond acceptors (Lipinski definition) is 7. The van der Waals surface area contributed by atoms with E-state index in [0.29, 0.717) is 29.3 Å². The molecule has 1 aliphatic carbocycles. The second kappa shape index (κ2) is 10.6. The van der Waals surface area contributed by atoms with Crippen molar-refractivity contribution in [1.82, 2.24) is 24.9 Å². The van der Waals surface area contributed by atoms with E-state index >= 15 is 0 Å². The number of hydrogen-bond donors (Lipinski definition) is 0. The van der Waals surface area contributed by atoms with Crippen molar-refractivity contribution in [2.75, 3.05) is 0 Å². The molecule has 1 aromatic carbocycles. The molecule has 40 heavy (non-hydrogen) atoms. The quantitative estimate of drug-likeness (QED) is 0.392. The summed E-state index contributed by atoms with van der Waals surface area (Å²) in [5.74, 6) is 0.775. The topological polar surface area (TPSA) is 111 Å². The zero-order valence-electron chi connectivity index (χ0n) is 23.9. The van der Waals surface area contributed by atoms with Crippen LogP contribution in [0.5, 0.6) is 0 Å². The van der Waals surface area contributed by atoms with E-state index in [0.717, 1.165) is 61.6 Å². The van der Waals surface area contributed by atoms with Gasteiger partial charge in [-0.1, -0.05) is 45.4 Å². The fourth-order valence-electron chi connectivity index (χ4n) is 7.25. The first-order valence-electron chi connectivity index (χ1n) is 15.0. The summed E-state index contributed by atoms with van der Waals surface area (Å²) >= 11 is 0. The molecule has 2 aliphatic heterocycles. The lowest BCUT2D eigenvalue weighted by molar-refractivity contribution is -0.139. The molecule has 2 aromatic heterocycles. The van der Waals surface area contributed by atoms with Gasteiger partial charge in [-0.15, -0.1) is 10.2 Å². The summed E-state index contributed by atoms with van der Waals surface area (Å²) in [6, 6.07) is 3.71. The van der Waals surface area contributed by atoms with E-state index in [1.807, 2.05) is 24.0 Å². The molecule has 1 saturated heterocycles. The maximum atomic E-state index is 14.0. The van der Waals surface area contributed by atoms with Gasteiger partial charge in [-0.3, -0.25) is 19.1 Å². The summed E-state index contributed by atoms with van der Waals surface area (Å²) in [6.45, 7) is 5.15. The Morgan fingerprint density at radius 1 is 1.05 bits per heavy atom. The van der Waals surface area contributed by atoms with Gasteiger partial charge in [-0.25, -0.2) is 0 Å². The van der Waals surface area contributed by atoms with Gasteiger partial charge in [-0.2, -0.15) is 5.10 Å². The third kappa shape index (κ3) is 4.77. The average molecular weight is 546 g/mol. The molecule has 4 heterocycles. The minimum atomic E-state index is -0.351. The van der Waals surface area contributed by atoms with Gasteiger partial charge in [0, 0.05) is 37.3 Å². The molecule has 1 amide bonds. The second-order valence-corrected chi connectivity index (χ2v) is 12.1. The van der Waals surface area contributed by atoms with Crippen LogP contribution >= 0.6 is 0 Å². The zero-order chi connectivity index (χ0) is 28.0. The van der Waals surface area contributed by atoms with Crippen molar-refractivity contribution in [3.8, 4) is 11.5 Å². The second-order valence-electron chi connectivity index (χ2n) is 12.1. The summed E-state index contributed by atoms with van der Waals surface area (Å²) in [7, 11) is 0. The van der Waals surface area contributed by atoms with Crippen LogP contribution in [0.15, 0.2) is 16.5 Å². The highest BCUT2D eigenvalue weighted by Crippen LogP contribution is 2.62. The number of carbonyl (C=O) groups is 3. The highest BCUT2D eigenvalue weighted by molar-refractivity contribution is 6.07. The minimum Gasteiger partial charge on any atom is -0.421 e. The van der Waals surface area contributed by atoms with E-state index in [1.165, 1.54) is 32.6 Å². The lowest BCUT2D eigenvalue weighted by Crippen LogP contribution is -2.44. The molecule has 212 valence electrons. The van der Waals surface area contributed by atoms with Crippen LogP contribution < -0.4 is 0 Å². The number of Topliss-reactive ketones (excluding diaryl/α,β-unsaturated/α-hetero) is 2. The van der Waals surface area contributed by atoms with Crippen molar-refractivity contribution in [2.45, 2.75) is 116 Å². The van der Waals surface area contributed by atoms with E-state index in [4.69, 9.17) is 9.52 Å². The van der Waals surface area contributed by atoms with Crippen LogP contribution in [0.25, 0.3) is 22.4 Å². The van der Waals surface area contributed by atoms with Crippen molar-refractivity contribution < 1.29 is 18.8 Å². The van der Waals surface area contributed by atoms with Gasteiger partial charge >= 0.3 is 0 Å². The Morgan fingerprint density at radius 2 is 1.80 bits per heavy atom. The molecular formula is C31H39N5O4. The van der Waals surface area contributed by atoms with Crippen LogP contribution in [-0.2, 0) is 22.6 Å². The molecule has 2 fully saturated rings. The van der Waals surface area contributed by atoms with Gasteiger partial charge in [0.25, 0.3) is 0 Å². The third-order valence-corrected chi connectivity index (χ3v) is 9.36. The Morgan fingerprint density at radius 3 is 2.50 bits per heavy atom. The smallest absolute Gasteiger partial charge is 0.247 e. The monoisotopic (exact) mass is 545 g/mol. The van der Waals surface area contributed by atoms with Gasteiger partial charge in [0.05, 0.1) is 11.6 Å². The Balaban J connectivity index is 1.44. The molecule has 6 rings (SSSR count). The summed E-state index contributed by atoms with van der Waals surface area (Å²) in [5.41, 5.74) is 3.00. The van der Waals surface area contributed by atoms with Crippen LogP contribution in [0.2, 0.25) is 0 Å². The van der Waals surface area contributed by atoms with Crippen molar-refractivity contribution in [1.29, 1.82) is 0 Å². The van der Waals surface area contributed by atoms with Gasteiger partial charge in [-0.05, 0) is 55.2 Å². The molecule has 2 bridgehead atoms. The number of amides is 1. The average Bonchev–Trinajstić information content (AvgIpc) is 3.22. The van der Waals surface area contributed by atoms with E-state index in [-0.39, 0.29) is 41.5 Å². The number of aromatic nitrogens is 4. The number of ketones is 2. The molecule has 0 radical (unpaired) electrons. The summed E-state index contributed by atoms with van der Waals surface area (Å²) in [4.78, 5) is 41.7. The molecule has 0 unspecified atom stereocenters. The third-order valence-electron chi connectivity index (χ3n) is 9.36. The van der Waals surface area contributed by atoms with Gasteiger partial charge in [0.1, 0.15) is 12.2 Å². The Bertz CT molecular complexity index is 1470. The molecule has 3 aromatic rings. The summed E-state index contributed by atoms with van der Waals surface area (Å²) in [6.07, 6.45) is 12.2. The number of piperidine rings is 1. The van der Waals surface area contributed by atoms with E-state index in [9.17, 15) is 14.4 Å². The Kier molecular flexibility index (Phi) is 7.09. The predicted molar refractivity (Wildman–Crippen MR) is 150 cm³/mol. The summed E-state index contributed by atoms with van der Waals surface area (Å²) in [5, 5.41) is 13.6. The van der Waals surface area contributed by atoms with Gasteiger partial charge in [0.2, 0.25) is 17.7 Å². The Hall–Kier alpha value is -3.36. The fourth-order valence-corrected chi connectivity index (χ4v) is 7.25. The van der Waals surface area contributed by atoms with Gasteiger partial charge < -0.3 is 9.32 Å². The van der Waals surface area contributed by atoms with E-state index < -0.39 is 0 Å². The highest BCUT2D eigenvalue weighted by Gasteiger charge is 2.66. The first kappa shape index (κ1) is 26.8. The maximum absolute atomic E-state index is 14.0. The van der Waals surface area contributed by atoms with Crippen molar-refractivity contribution >= 4 is 28.4 Å². The first-order valence-corrected chi connectivity index (χ1v) is 15.0. The van der Waals surface area contributed by atoms with E-state index in [1.54, 1.807) is 11.6 Å². The fraction of sp³-hybridized carbons (Fsp3) is 0.613. The normalized spacial score (nSPS) is 25.6. The summed E-state index contributed by atoms with van der Waals surface area (Å²) < 4.78 is 7.44. The number of rotatable bonds is 4. The zero-order valence-corrected chi connectivity index (χ0v) is 23.9. The molecule has 3 aliphatic rings. The lowest BCUT2D eigenvalue weighted by atomic mass is 9.91. The van der Waals surface area contributed by atoms with E-state index in [2.05, 4.69) is 10.2 Å². The number of benzene rings is 1. The predicted octanol–water partition coefficient (Wildman–Crippen LogP) is 5.61. The SMILES string of the molecule is CCC(=O)[C@@H]1C[C@]23CCCCCCCCCc4cc(-c5nnc(C)o5)cc5c(C(C)=O)nn(c45)CC(=O)N1[C@@H]2C3. The van der Waals surface area contributed by atoms with Crippen LogP contribution in [-0.4, -0.2) is 54.4 Å². The largest absolute Gasteiger partial charge is 0.421 e. The first-order chi connectivity index (χ1) is 19.3. The van der Waals surface area contributed by atoms with Crippen LogP contribution in [0.4, 0.5) is 0 Å². The highest BCUT2D eigenvalue weighted by atomic mass is 16.4. The standard InChI is InChI=1S/C31H39N5O4/c1-4-25(38)24-16-31-13-11-9-7-5-6-8-10-12-21-14-22(30-33-32-20(3)40-30)15-23-28(19(2)37)34-35(29(21)23)18-27(39)36(24)26(31)17-31/h14-15,24,26H,4-13,16-18H2,1-3H3/t24-,26+,31-/m0/s1. The molecule has 9 heteroatoms.